The summed E-state index contributed by atoms with van der Waals surface area (Å²) in [6.45, 7) is 0.672. The maximum atomic E-state index is 11.0. The Morgan fingerprint density at radius 2 is 2.00 bits per heavy atom. The van der Waals surface area contributed by atoms with E-state index in [4.69, 9.17) is 9.47 Å². The molecule has 0 bridgehead atoms. The quantitative estimate of drug-likeness (QED) is 0.755. The number of aliphatic carboxylic acids is 1. The monoisotopic (exact) mass is 293 g/mol. The maximum Gasteiger partial charge on any atom is 0.131 e. The van der Waals surface area contributed by atoms with E-state index >= 15 is 0 Å². The Bertz CT molecular complexity index is 483. The van der Waals surface area contributed by atoms with E-state index in [0.29, 0.717) is 12.6 Å². The lowest BCUT2D eigenvalue weighted by Crippen LogP contribution is -3.15. The number of carboxylic acid groups (broad SMARTS) is 1. The average Bonchev–Trinajstić information content (AvgIpc) is 3.00. The average molecular weight is 293 g/mol. The third-order valence-electron chi connectivity index (χ3n) is 4.22. The van der Waals surface area contributed by atoms with Crippen LogP contribution in [0.4, 0.5) is 0 Å². The SMILES string of the molecule is COc1ccc(C[NH+](CC(=O)[O-])C2CCCC2)c(OC)c1. The van der Waals surface area contributed by atoms with E-state index in [2.05, 4.69) is 0 Å². The minimum absolute atomic E-state index is 0.0415. The molecule has 1 aliphatic rings. The molecule has 1 unspecified atom stereocenters. The highest BCUT2D eigenvalue weighted by Gasteiger charge is 2.27. The molecule has 0 heterocycles. The van der Waals surface area contributed by atoms with Gasteiger partial charge in [-0.15, -0.1) is 0 Å². The summed E-state index contributed by atoms with van der Waals surface area (Å²) in [6, 6.07) is 6.06. The van der Waals surface area contributed by atoms with E-state index in [1.165, 1.54) is 12.8 Å². The zero-order valence-electron chi connectivity index (χ0n) is 12.7. The summed E-state index contributed by atoms with van der Waals surface area (Å²) < 4.78 is 10.6. The number of hydrogen-bond donors (Lipinski definition) is 1. The van der Waals surface area contributed by atoms with Gasteiger partial charge in [0, 0.05) is 11.6 Å². The fourth-order valence-corrected chi connectivity index (χ4v) is 3.11. The highest BCUT2D eigenvalue weighted by Crippen LogP contribution is 2.24. The van der Waals surface area contributed by atoms with E-state index in [0.717, 1.165) is 34.8 Å². The molecule has 0 aromatic heterocycles. The van der Waals surface area contributed by atoms with Crippen molar-refractivity contribution in [2.75, 3.05) is 20.8 Å². The normalized spacial score (nSPS) is 16.7. The molecular formula is C16H23NO4. The number of benzene rings is 1. The van der Waals surface area contributed by atoms with Crippen LogP contribution in [0.2, 0.25) is 0 Å². The van der Waals surface area contributed by atoms with E-state index in [-0.39, 0.29) is 6.54 Å². The van der Waals surface area contributed by atoms with Gasteiger partial charge in [0.05, 0.1) is 26.2 Å². The summed E-state index contributed by atoms with van der Waals surface area (Å²) in [6.07, 6.45) is 4.53. The Labute approximate surface area is 125 Å². The third-order valence-corrected chi connectivity index (χ3v) is 4.22. The molecule has 0 spiro atoms. The van der Waals surface area contributed by atoms with Crippen molar-refractivity contribution < 1.29 is 24.3 Å². The number of hydrogen-bond acceptors (Lipinski definition) is 4. The molecule has 0 saturated heterocycles. The molecule has 1 saturated carbocycles. The number of ether oxygens (including phenoxy) is 2. The van der Waals surface area contributed by atoms with Crippen molar-refractivity contribution in [3.8, 4) is 11.5 Å². The molecule has 1 aliphatic carbocycles. The second-order valence-electron chi connectivity index (χ2n) is 5.54. The van der Waals surface area contributed by atoms with Crippen molar-refractivity contribution in [3.63, 3.8) is 0 Å². The number of carbonyl (C=O) groups excluding carboxylic acids is 1. The zero-order valence-corrected chi connectivity index (χ0v) is 12.7. The molecule has 1 N–H and O–H groups in total. The van der Waals surface area contributed by atoms with Crippen LogP contribution in [0.1, 0.15) is 31.2 Å². The molecule has 1 aromatic rings. The summed E-state index contributed by atoms with van der Waals surface area (Å²) in [7, 11) is 3.23. The first-order valence-electron chi connectivity index (χ1n) is 7.39. The predicted molar refractivity (Wildman–Crippen MR) is 76.3 cm³/mol. The standard InChI is InChI=1S/C16H23NO4/c1-20-14-8-7-12(15(9-14)21-2)10-17(11-16(18)19)13-5-3-4-6-13/h7-9,13H,3-6,10-11H2,1-2H3,(H,18,19). The Kier molecular flexibility index (Phi) is 5.44. The van der Waals surface area contributed by atoms with Gasteiger partial charge < -0.3 is 24.3 Å². The number of carboxylic acids is 1. The van der Waals surface area contributed by atoms with Crippen molar-refractivity contribution >= 4 is 5.97 Å². The van der Waals surface area contributed by atoms with Gasteiger partial charge in [0.1, 0.15) is 24.6 Å². The fourth-order valence-electron chi connectivity index (χ4n) is 3.11. The van der Waals surface area contributed by atoms with E-state index < -0.39 is 5.97 Å². The largest absolute Gasteiger partial charge is 0.544 e. The predicted octanol–water partition coefficient (Wildman–Crippen LogP) is -0.219. The van der Waals surface area contributed by atoms with Gasteiger partial charge in [-0.25, -0.2) is 0 Å². The smallest absolute Gasteiger partial charge is 0.131 e. The lowest BCUT2D eigenvalue weighted by molar-refractivity contribution is -0.932. The number of methoxy groups -OCH3 is 2. The molecule has 21 heavy (non-hydrogen) atoms. The van der Waals surface area contributed by atoms with Crippen LogP contribution in [-0.4, -0.2) is 32.8 Å². The molecule has 116 valence electrons. The molecule has 1 fully saturated rings. The molecule has 5 heteroatoms. The van der Waals surface area contributed by atoms with Gasteiger partial charge in [0.15, 0.2) is 0 Å². The first kappa shape index (κ1) is 15.6. The van der Waals surface area contributed by atoms with E-state index in [1.54, 1.807) is 14.2 Å². The summed E-state index contributed by atoms with van der Waals surface area (Å²) in [5.41, 5.74) is 1.00. The summed E-state index contributed by atoms with van der Waals surface area (Å²) in [4.78, 5) is 12.1. The second kappa shape index (κ2) is 7.31. The lowest BCUT2D eigenvalue weighted by Gasteiger charge is -2.26. The van der Waals surface area contributed by atoms with Crippen LogP contribution in [0, 0.1) is 0 Å². The molecule has 1 aromatic carbocycles. The van der Waals surface area contributed by atoms with E-state index in [1.807, 2.05) is 18.2 Å². The summed E-state index contributed by atoms with van der Waals surface area (Å²) >= 11 is 0. The number of nitrogens with one attached hydrogen (secondary N) is 1. The minimum Gasteiger partial charge on any atom is -0.544 e. The topological polar surface area (TPSA) is 63.0 Å². The van der Waals surface area contributed by atoms with E-state index in [9.17, 15) is 9.90 Å². The van der Waals surface area contributed by atoms with Crippen LogP contribution in [0.5, 0.6) is 11.5 Å². The van der Waals surface area contributed by atoms with Gasteiger partial charge in [-0.1, -0.05) is 0 Å². The summed E-state index contributed by atoms with van der Waals surface area (Å²) in [5.74, 6) is 0.477. The molecule has 1 atom stereocenters. The van der Waals surface area contributed by atoms with Crippen LogP contribution in [0.25, 0.3) is 0 Å². The van der Waals surface area contributed by atoms with Crippen LogP contribution in [0.15, 0.2) is 18.2 Å². The third kappa shape index (κ3) is 4.11. The fraction of sp³-hybridized carbons (Fsp3) is 0.562. The van der Waals surface area contributed by atoms with Gasteiger partial charge in [-0.3, -0.25) is 0 Å². The van der Waals surface area contributed by atoms with Gasteiger partial charge in [0.25, 0.3) is 0 Å². The molecule has 2 rings (SSSR count). The van der Waals surface area contributed by atoms with Gasteiger partial charge in [-0.2, -0.15) is 0 Å². The molecule has 0 radical (unpaired) electrons. The van der Waals surface area contributed by atoms with Crippen molar-refractivity contribution in [2.45, 2.75) is 38.3 Å². The maximum absolute atomic E-state index is 11.0. The number of rotatable bonds is 7. The highest BCUT2D eigenvalue weighted by atomic mass is 16.5. The van der Waals surface area contributed by atoms with Gasteiger partial charge in [-0.05, 0) is 37.8 Å². The zero-order chi connectivity index (χ0) is 15.2. The van der Waals surface area contributed by atoms with Crippen LogP contribution in [-0.2, 0) is 11.3 Å². The molecule has 0 amide bonds. The van der Waals surface area contributed by atoms with Crippen molar-refractivity contribution in [2.24, 2.45) is 0 Å². The second-order valence-corrected chi connectivity index (χ2v) is 5.54. The van der Waals surface area contributed by atoms with Crippen LogP contribution < -0.4 is 19.5 Å². The van der Waals surface area contributed by atoms with Crippen molar-refractivity contribution in [1.82, 2.24) is 0 Å². The number of quaternary nitrogens is 1. The Balaban J connectivity index is 2.16. The number of carbonyl (C=O) groups is 1. The Hall–Kier alpha value is -1.75. The van der Waals surface area contributed by atoms with Crippen LogP contribution >= 0.6 is 0 Å². The van der Waals surface area contributed by atoms with Gasteiger partial charge >= 0.3 is 0 Å². The summed E-state index contributed by atoms with van der Waals surface area (Å²) in [5, 5.41) is 11.0. The molecule has 5 nitrogen and oxygen atoms in total. The van der Waals surface area contributed by atoms with Crippen molar-refractivity contribution in [3.05, 3.63) is 23.8 Å². The molecular weight excluding hydrogens is 270 g/mol. The first-order chi connectivity index (χ1) is 10.1. The Morgan fingerprint density at radius 3 is 2.57 bits per heavy atom. The molecule has 0 aliphatic heterocycles. The van der Waals surface area contributed by atoms with Crippen LogP contribution in [0.3, 0.4) is 0 Å². The van der Waals surface area contributed by atoms with Gasteiger partial charge in [0.2, 0.25) is 0 Å². The minimum atomic E-state index is -0.996. The first-order valence-corrected chi connectivity index (χ1v) is 7.39. The Morgan fingerprint density at radius 1 is 1.29 bits per heavy atom. The van der Waals surface area contributed by atoms with Crippen molar-refractivity contribution in [1.29, 1.82) is 0 Å². The highest BCUT2D eigenvalue weighted by molar-refractivity contribution is 5.65. The lowest BCUT2D eigenvalue weighted by atomic mass is 10.1.